The van der Waals surface area contributed by atoms with Gasteiger partial charge in [-0.05, 0) is 26.8 Å². The first-order valence-electron chi connectivity index (χ1n) is 8.34. The number of aryl methyl sites for hydroxylation is 1. The van der Waals surface area contributed by atoms with Crippen molar-refractivity contribution in [2.24, 2.45) is 0 Å². The normalized spacial score (nSPS) is 15.3. The molecule has 1 aliphatic heterocycles. The Labute approximate surface area is 133 Å². The molecule has 1 aromatic heterocycles. The molecule has 3 rings (SSSR count). The summed E-state index contributed by atoms with van der Waals surface area (Å²) in [6, 6.07) is 6.73. The van der Waals surface area contributed by atoms with E-state index in [0.717, 1.165) is 45.1 Å². The fraction of sp³-hybridized carbons (Fsp3) is 0.500. The Balaban J connectivity index is 2.14. The molecule has 0 saturated carbocycles. The number of pyridine rings is 1. The second kappa shape index (κ2) is 6.53. The molecule has 1 aliphatic rings. The Bertz CT molecular complexity index is 643. The topological polar surface area (TPSA) is 31.4 Å². The zero-order chi connectivity index (χ0) is 15.5. The van der Waals surface area contributed by atoms with E-state index in [0.29, 0.717) is 0 Å². The van der Waals surface area contributed by atoms with Crippen LogP contribution in [-0.4, -0.2) is 44.3 Å². The zero-order valence-electron chi connectivity index (χ0n) is 13.9. The van der Waals surface area contributed by atoms with Crippen LogP contribution in [0.5, 0.6) is 0 Å². The lowest BCUT2D eigenvalue weighted by Crippen LogP contribution is -2.43. The number of benzene rings is 1. The van der Waals surface area contributed by atoms with Crippen molar-refractivity contribution in [1.82, 2.24) is 10.3 Å². The fourth-order valence-electron chi connectivity index (χ4n) is 3.26. The molecule has 4 nitrogen and oxygen atoms in total. The molecule has 1 N–H and O–H groups in total. The van der Waals surface area contributed by atoms with E-state index in [1.807, 2.05) is 0 Å². The molecule has 0 aliphatic carbocycles. The third-order valence-electron chi connectivity index (χ3n) is 4.52. The Kier molecular flexibility index (Phi) is 4.48. The Morgan fingerprint density at radius 3 is 2.55 bits per heavy atom. The molecule has 1 aromatic carbocycles. The van der Waals surface area contributed by atoms with Crippen LogP contribution in [0.1, 0.15) is 19.4 Å². The smallest absolute Gasteiger partial charge is 0.136 e. The van der Waals surface area contributed by atoms with E-state index in [2.05, 4.69) is 60.3 Å². The van der Waals surface area contributed by atoms with Gasteiger partial charge in [-0.1, -0.05) is 17.7 Å². The number of aromatic nitrogens is 1. The van der Waals surface area contributed by atoms with Gasteiger partial charge in [0.05, 0.1) is 11.9 Å². The van der Waals surface area contributed by atoms with E-state index in [9.17, 15) is 0 Å². The van der Waals surface area contributed by atoms with Crippen molar-refractivity contribution >= 4 is 22.3 Å². The van der Waals surface area contributed by atoms with Gasteiger partial charge in [0, 0.05) is 50.0 Å². The lowest BCUT2D eigenvalue weighted by molar-refractivity contribution is 0.590. The number of hydrogen-bond acceptors (Lipinski definition) is 4. The highest BCUT2D eigenvalue weighted by Crippen LogP contribution is 2.33. The Morgan fingerprint density at radius 2 is 1.86 bits per heavy atom. The van der Waals surface area contributed by atoms with E-state index >= 15 is 0 Å². The summed E-state index contributed by atoms with van der Waals surface area (Å²) in [6.45, 7) is 12.7. The van der Waals surface area contributed by atoms with Crippen LogP contribution in [0.15, 0.2) is 24.4 Å². The van der Waals surface area contributed by atoms with Crippen LogP contribution in [0, 0.1) is 6.92 Å². The summed E-state index contributed by atoms with van der Waals surface area (Å²) in [5.74, 6) is 1.11. The van der Waals surface area contributed by atoms with Gasteiger partial charge in [0.1, 0.15) is 5.82 Å². The van der Waals surface area contributed by atoms with Crippen molar-refractivity contribution in [3.63, 3.8) is 0 Å². The minimum atomic E-state index is 0.986. The minimum Gasteiger partial charge on any atom is -0.367 e. The summed E-state index contributed by atoms with van der Waals surface area (Å²) in [4.78, 5) is 9.61. The maximum Gasteiger partial charge on any atom is 0.136 e. The quantitative estimate of drug-likeness (QED) is 0.940. The summed E-state index contributed by atoms with van der Waals surface area (Å²) in [5.41, 5.74) is 2.58. The van der Waals surface area contributed by atoms with Crippen molar-refractivity contribution in [2.75, 3.05) is 49.1 Å². The number of rotatable bonds is 4. The van der Waals surface area contributed by atoms with Crippen LogP contribution in [-0.2, 0) is 0 Å². The van der Waals surface area contributed by atoms with Crippen LogP contribution in [0.25, 0.3) is 10.8 Å². The van der Waals surface area contributed by atoms with Crippen LogP contribution < -0.4 is 15.1 Å². The van der Waals surface area contributed by atoms with Crippen LogP contribution >= 0.6 is 0 Å². The lowest BCUT2D eigenvalue weighted by Gasteiger charge is -2.31. The highest BCUT2D eigenvalue weighted by atomic mass is 15.2. The summed E-state index contributed by atoms with van der Waals surface area (Å²) >= 11 is 0. The van der Waals surface area contributed by atoms with Gasteiger partial charge >= 0.3 is 0 Å². The average Bonchev–Trinajstić information content (AvgIpc) is 2.56. The molecule has 1 saturated heterocycles. The van der Waals surface area contributed by atoms with E-state index in [1.165, 1.54) is 22.0 Å². The predicted octanol–water partition coefficient (Wildman–Crippen LogP) is 2.80. The molecule has 0 atom stereocenters. The van der Waals surface area contributed by atoms with Crippen molar-refractivity contribution in [3.8, 4) is 0 Å². The highest BCUT2D eigenvalue weighted by Gasteiger charge is 2.17. The van der Waals surface area contributed by atoms with Crippen molar-refractivity contribution in [1.29, 1.82) is 0 Å². The van der Waals surface area contributed by atoms with Gasteiger partial charge in [-0.25, -0.2) is 4.98 Å². The van der Waals surface area contributed by atoms with Gasteiger partial charge in [-0.3, -0.25) is 0 Å². The van der Waals surface area contributed by atoms with Crippen LogP contribution in [0.4, 0.5) is 11.5 Å². The van der Waals surface area contributed by atoms with Crippen molar-refractivity contribution < 1.29 is 0 Å². The first-order valence-corrected chi connectivity index (χ1v) is 8.34. The number of piperazine rings is 1. The molecule has 1 fully saturated rings. The summed E-state index contributed by atoms with van der Waals surface area (Å²) in [7, 11) is 0. The number of hydrogen-bond donors (Lipinski definition) is 1. The molecule has 0 unspecified atom stereocenters. The largest absolute Gasteiger partial charge is 0.367 e. The van der Waals surface area contributed by atoms with Gasteiger partial charge in [0.15, 0.2) is 0 Å². The molecular formula is C18H26N4. The van der Waals surface area contributed by atoms with Crippen LogP contribution in [0.2, 0.25) is 0 Å². The first kappa shape index (κ1) is 15.1. The molecule has 2 heterocycles. The van der Waals surface area contributed by atoms with E-state index in [-0.39, 0.29) is 0 Å². The molecule has 0 amide bonds. The number of fused-ring (bicyclic) bond motifs is 1. The monoisotopic (exact) mass is 298 g/mol. The maximum atomic E-state index is 4.82. The molecular weight excluding hydrogens is 272 g/mol. The number of nitrogens with one attached hydrogen (secondary N) is 1. The molecule has 0 radical (unpaired) electrons. The molecule has 118 valence electrons. The van der Waals surface area contributed by atoms with Gasteiger partial charge < -0.3 is 15.1 Å². The second-order valence-corrected chi connectivity index (χ2v) is 5.93. The van der Waals surface area contributed by atoms with Crippen molar-refractivity contribution in [2.45, 2.75) is 20.8 Å². The fourth-order valence-corrected chi connectivity index (χ4v) is 3.26. The van der Waals surface area contributed by atoms with Gasteiger partial charge in [0.25, 0.3) is 0 Å². The molecule has 2 aromatic rings. The minimum absolute atomic E-state index is 0.986. The van der Waals surface area contributed by atoms with E-state index in [4.69, 9.17) is 4.98 Å². The molecule has 0 bridgehead atoms. The first-order chi connectivity index (χ1) is 10.7. The third kappa shape index (κ3) is 2.75. The Hall–Kier alpha value is -1.81. The standard InChI is InChI=1S/C18H26N4/c1-4-21(5-2)18-15-7-6-14(3)12-16(15)17(13-20-18)22-10-8-19-9-11-22/h6-7,12-13,19H,4-5,8-11H2,1-3H3. The lowest BCUT2D eigenvalue weighted by atomic mass is 10.1. The summed E-state index contributed by atoms with van der Waals surface area (Å²) in [5, 5.41) is 6.02. The van der Waals surface area contributed by atoms with Crippen molar-refractivity contribution in [3.05, 3.63) is 30.0 Å². The van der Waals surface area contributed by atoms with Gasteiger partial charge in [-0.2, -0.15) is 0 Å². The van der Waals surface area contributed by atoms with Gasteiger partial charge in [0.2, 0.25) is 0 Å². The van der Waals surface area contributed by atoms with Gasteiger partial charge in [-0.15, -0.1) is 0 Å². The summed E-state index contributed by atoms with van der Waals surface area (Å²) in [6.07, 6.45) is 2.07. The second-order valence-electron chi connectivity index (χ2n) is 5.93. The van der Waals surface area contributed by atoms with Crippen LogP contribution in [0.3, 0.4) is 0 Å². The van der Waals surface area contributed by atoms with E-state index in [1.54, 1.807) is 0 Å². The Morgan fingerprint density at radius 1 is 1.14 bits per heavy atom. The molecule has 0 spiro atoms. The highest BCUT2D eigenvalue weighted by molar-refractivity contribution is 6.01. The van der Waals surface area contributed by atoms with E-state index < -0.39 is 0 Å². The predicted molar refractivity (Wildman–Crippen MR) is 95.1 cm³/mol. The number of nitrogens with zero attached hydrogens (tertiary/aromatic N) is 3. The molecule has 22 heavy (non-hydrogen) atoms. The summed E-state index contributed by atoms with van der Waals surface area (Å²) < 4.78 is 0. The molecule has 4 heteroatoms. The maximum absolute atomic E-state index is 4.82. The SMILES string of the molecule is CCN(CC)c1ncc(N2CCNCC2)c2cc(C)ccc12. The average molecular weight is 298 g/mol. The number of anilines is 2. The zero-order valence-corrected chi connectivity index (χ0v) is 13.9. The third-order valence-corrected chi connectivity index (χ3v) is 4.52.